The molecule has 5 heavy (non-hydrogen) atoms. The van der Waals surface area contributed by atoms with Crippen molar-refractivity contribution in [3.8, 4) is 0 Å². The van der Waals surface area contributed by atoms with E-state index in [1.165, 1.54) is 13.7 Å². The maximum absolute atomic E-state index is 2.41. The van der Waals surface area contributed by atoms with Gasteiger partial charge >= 0.3 is 43.0 Å². The van der Waals surface area contributed by atoms with Gasteiger partial charge in [-0.25, -0.2) is 0 Å². The van der Waals surface area contributed by atoms with E-state index in [0.29, 0.717) is 16.3 Å². The molecule has 32 valence electrons. The summed E-state index contributed by atoms with van der Waals surface area (Å²) >= 11 is 1.24. The molecule has 0 nitrogen and oxygen atoms in total. The van der Waals surface area contributed by atoms with Gasteiger partial charge in [-0.05, 0) is 0 Å². The summed E-state index contributed by atoms with van der Waals surface area (Å²) in [6.07, 6.45) is 0. The van der Waals surface area contributed by atoms with E-state index < -0.39 is 0 Å². The first-order chi connectivity index (χ1) is 2.41. The average Bonchev–Trinajstić information content (AvgIpc) is 1.41. The topological polar surface area (TPSA) is 0 Å². The second kappa shape index (κ2) is 4.95. The number of rotatable bonds is 2. The Bertz CT molecular complexity index is 15.1. The third-order valence-electron chi connectivity index (χ3n) is 0.408. The summed E-state index contributed by atoms with van der Waals surface area (Å²) in [5, 5.41) is 0. The van der Waals surface area contributed by atoms with Gasteiger partial charge in [0.2, 0.25) is 0 Å². The summed E-state index contributed by atoms with van der Waals surface area (Å²) in [5.41, 5.74) is 0. The van der Waals surface area contributed by atoms with Gasteiger partial charge in [0.1, 0.15) is 0 Å². The van der Waals surface area contributed by atoms with Gasteiger partial charge in [-0.2, -0.15) is 0 Å². The Balaban J connectivity index is 2.19. The van der Waals surface area contributed by atoms with Crippen LogP contribution in [0.1, 0.15) is 0 Å². The average molecular weight is 169 g/mol. The van der Waals surface area contributed by atoms with Crippen LogP contribution in [0, 0.1) is 0 Å². The zero-order chi connectivity index (χ0) is 4.12. The van der Waals surface area contributed by atoms with E-state index in [9.17, 15) is 0 Å². The van der Waals surface area contributed by atoms with Crippen LogP contribution in [-0.2, 0) is 0 Å². The van der Waals surface area contributed by atoms with E-state index in [0.717, 1.165) is 0 Å². The molecular weight excluding hydrogens is 159 g/mol. The number of hydrogen-bond donors (Lipinski definition) is 0. The summed E-state index contributed by atoms with van der Waals surface area (Å²) in [6.45, 7) is 4.83. The molecular formula is C2H10SeSi2. The van der Waals surface area contributed by atoms with Crippen LogP contribution in [0.5, 0.6) is 0 Å². The Morgan fingerprint density at radius 1 is 1.20 bits per heavy atom. The van der Waals surface area contributed by atoms with E-state index in [2.05, 4.69) is 13.1 Å². The molecule has 0 bridgehead atoms. The van der Waals surface area contributed by atoms with Crippen LogP contribution >= 0.6 is 0 Å². The Morgan fingerprint density at radius 2 is 1.60 bits per heavy atom. The monoisotopic (exact) mass is 170 g/mol. The van der Waals surface area contributed by atoms with E-state index in [-0.39, 0.29) is 0 Å². The molecule has 0 aromatic carbocycles. The zero-order valence-electron chi connectivity index (χ0n) is 3.82. The molecule has 0 heterocycles. The molecule has 0 N–H and O–H groups in total. The number of hydrogen-bond acceptors (Lipinski definition) is 0. The van der Waals surface area contributed by atoms with Crippen molar-refractivity contribution in [1.29, 1.82) is 0 Å². The van der Waals surface area contributed by atoms with Gasteiger partial charge in [-0.15, -0.1) is 0 Å². The molecule has 0 aliphatic rings. The van der Waals surface area contributed by atoms with Crippen LogP contribution in [-0.4, -0.2) is 29.9 Å². The molecule has 0 fully saturated rings. The molecule has 0 aliphatic carbocycles. The molecule has 0 aliphatic heterocycles. The minimum atomic E-state index is 0.538. The quantitative estimate of drug-likeness (QED) is 0.463. The van der Waals surface area contributed by atoms with E-state index >= 15 is 0 Å². The molecule has 0 unspecified atom stereocenters. The fourth-order valence-electron chi connectivity index (χ4n) is 0.204. The van der Waals surface area contributed by atoms with Crippen LogP contribution in [0.25, 0.3) is 0 Å². The van der Waals surface area contributed by atoms with Crippen molar-refractivity contribution >= 4 is 29.9 Å². The Kier molecular flexibility index (Phi) is 5.90. The minimum absolute atomic E-state index is 0.538. The summed E-state index contributed by atoms with van der Waals surface area (Å²) in [7, 11) is 1.08. The molecule has 0 spiro atoms. The summed E-state index contributed by atoms with van der Waals surface area (Å²) < 4.78 is 0. The fraction of sp³-hybridized carbons (Fsp3) is 1.00. The van der Waals surface area contributed by atoms with E-state index in [1.807, 2.05) is 0 Å². The Hall–Kier alpha value is 0.953. The third-order valence-corrected chi connectivity index (χ3v) is 19.1. The Morgan fingerprint density at radius 3 is 1.60 bits per heavy atom. The molecule has 0 saturated heterocycles. The predicted octanol–water partition coefficient (Wildman–Crippen LogP) is -1.05. The van der Waals surface area contributed by atoms with Gasteiger partial charge in [-0.3, -0.25) is 0 Å². The van der Waals surface area contributed by atoms with Crippen molar-refractivity contribution in [1.82, 2.24) is 0 Å². The van der Waals surface area contributed by atoms with Crippen LogP contribution in [0.2, 0.25) is 13.1 Å². The van der Waals surface area contributed by atoms with E-state index in [1.54, 1.807) is 0 Å². The molecule has 0 rings (SSSR count). The van der Waals surface area contributed by atoms with Crippen molar-refractivity contribution in [3.05, 3.63) is 0 Å². The zero-order valence-corrected chi connectivity index (χ0v) is 8.36. The van der Waals surface area contributed by atoms with Gasteiger partial charge in [0.05, 0.1) is 0 Å². The van der Waals surface area contributed by atoms with Crippen LogP contribution < -0.4 is 0 Å². The molecule has 0 radical (unpaired) electrons. The van der Waals surface area contributed by atoms with Gasteiger partial charge in [0.15, 0.2) is 0 Å². The Labute approximate surface area is 43.4 Å². The normalized spacial score (nSPS) is 13.2. The van der Waals surface area contributed by atoms with Crippen molar-refractivity contribution in [2.45, 2.75) is 13.1 Å². The van der Waals surface area contributed by atoms with Crippen molar-refractivity contribution < 1.29 is 0 Å². The summed E-state index contributed by atoms with van der Waals surface area (Å²) in [4.78, 5) is 0. The molecule has 0 atom stereocenters. The first-order valence-corrected chi connectivity index (χ1v) is 13.2. The maximum atomic E-state index is 2.41. The second-order valence-corrected chi connectivity index (χ2v) is 18.5. The molecule has 0 amide bonds. The second-order valence-electron chi connectivity index (χ2n) is 0.781. The third kappa shape index (κ3) is 4.95. The SMILES string of the molecule is C[SiH2][Se][SiH2]C. The van der Waals surface area contributed by atoms with Crippen molar-refractivity contribution in [2.75, 3.05) is 0 Å². The van der Waals surface area contributed by atoms with E-state index in [4.69, 9.17) is 0 Å². The van der Waals surface area contributed by atoms with Crippen LogP contribution in [0.3, 0.4) is 0 Å². The van der Waals surface area contributed by atoms with Crippen LogP contribution in [0.4, 0.5) is 0 Å². The van der Waals surface area contributed by atoms with Crippen molar-refractivity contribution in [2.24, 2.45) is 0 Å². The first kappa shape index (κ1) is 5.95. The van der Waals surface area contributed by atoms with Crippen molar-refractivity contribution in [3.63, 3.8) is 0 Å². The molecule has 0 aromatic rings. The van der Waals surface area contributed by atoms with Gasteiger partial charge < -0.3 is 0 Å². The molecule has 0 aromatic heterocycles. The fourth-order valence-corrected chi connectivity index (χ4v) is 9.55. The van der Waals surface area contributed by atoms with Gasteiger partial charge in [0.25, 0.3) is 0 Å². The predicted molar refractivity (Wildman–Crippen MR) is 34.6 cm³/mol. The molecule has 3 heteroatoms. The standard InChI is InChI=1S/C2H10SeSi2/c1-4-3-5-2/h4-5H2,1-2H3. The first-order valence-electron chi connectivity index (χ1n) is 1.99. The molecule has 0 saturated carbocycles. The van der Waals surface area contributed by atoms with Gasteiger partial charge in [-0.1, -0.05) is 0 Å². The van der Waals surface area contributed by atoms with Gasteiger partial charge in [0, 0.05) is 0 Å². The van der Waals surface area contributed by atoms with Crippen LogP contribution in [0.15, 0.2) is 0 Å². The summed E-state index contributed by atoms with van der Waals surface area (Å²) in [5.74, 6) is 0. The summed E-state index contributed by atoms with van der Waals surface area (Å²) in [6, 6.07) is 0.